The Hall–Kier alpha value is -2.57. The van der Waals surface area contributed by atoms with E-state index in [-0.39, 0.29) is 5.91 Å². The Morgan fingerprint density at radius 1 is 1.14 bits per heavy atom. The first-order valence-electron chi connectivity index (χ1n) is 9.37. The second kappa shape index (κ2) is 10.8. The minimum absolute atomic E-state index is 0.0169. The Kier molecular flexibility index (Phi) is 7.90. The van der Waals surface area contributed by atoms with Crippen molar-refractivity contribution in [2.24, 2.45) is 0 Å². The lowest BCUT2D eigenvalue weighted by Gasteiger charge is -2.08. The van der Waals surface area contributed by atoms with Crippen molar-refractivity contribution in [2.45, 2.75) is 31.1 Å². The largest absolute Gasteiger partial charge is 0.352 e. The summed E-state index contributed by atoms with van der Waals surface area (Å²) in [4.78, 5) is 12.1. The van der Waals surface area contributed by atoms with E-state index in [1.165, 1.54) is 17.3 Å². The number of benzene rings is 2. The number of nitrogens with zero attached hydrogens (tertiary/aromatic N) is 3. The lowest BCUT2D eigenvalue weighted by Crippen LogP contribution is -2.23. The summed E-state index contributed by atoms with van der Waals surface area (Å²) in [6.45, 7) is 4.90. The number of carbonyl (C=O) groups excluding carboxylic acids is 1. The van der Waals surface area contributed by atoms with Crippen molar-refractivity contribution in [2.75, 3.05) is 5.75 Å². The highest BCUT2D eigenvalue weighted by Gasteiger charge is 2.13. The van der Waals surface area contributed by atoms with E-state index in [4.69, 9.17) is 11.6 Å². The fourth-order valence-electron chi connectivity index (χ4n) is 2.81. The Bertz CT molecular complexity index is 958. The van der Waals surface area contributed by atoms with Crippen LogP contribution < -0.4 is 5.32 Å². The molecular weight excluding hydrogens is 404 g/mol. The second-order valence-corrected chi connectivity index (χ2v) is 7.90. The fraction of sp³-hybridized carbons (Fsp3) is 0.227. The van der Waals surface area contributed by atoms with Gasteiger partial charge in [-0.25, -0.2) is 0 Å². The van der Waals surface area contributed by atoms with Gasteiger partial charge >= 0.3 is 0 Å². The maximum Gasteiger partial charge on any atom is 0.221 e. The molecule has 3 aromatic rings. The predicted octanol–water partition coefficient (Wildman–Crippen LogP) is 4.51. The molecule has 0 fully saturated rings. The van der Waals surface area contributed by atoms with E-state index in [0.29, 0.717) is 36.7 Å². The number of aromatic nitrogens is 3. The molecule has 0 atom stereocenters. The van der Waals surface area contributed by atoms with Gasteiger partial charge in [0.2, 0.25) is 5.91 Å². The van der Waals surface area contributed by atoms with Crippen LogP contribution in [0, 0.1) is 0 Å². The van der Waals surface area contributed by atoms with Crippen molar-refractivity contribution in [1.29, 1.82) is 0 Å². The van der Waals surface area contributed by atoms with Gasteiger partial charge in [-0.2, -0.15) is 0 Å². The van der Waals surface area contributed by atoms with Crippen molar-refractivity contribution in [3.63, 3.8) is 0 Å². The third kappa shape index (κ3) is 6.21. The average molecular weight is 427 g/mol. The maximum absolute atomic E-state index is 12.1. The van der Waals surface area contributed by atoms with Crippen molar-refractivity contribution in [3.8, 4) is 0 Å². The molecule has 0 aliphatic rings. The van der Waals surface area contributed by atoms with Crippen molar-refractivity contribution < 1.29 is 4.79 Å². The van der Waals surface area contributed by atoms with E-state index >= 15 is 0 Å². The van der Waals surface area contributed by atoms with Gasteiger partial charge in [-0.05, 0) is 17.2 Å². The van der Waals surface area contributed by atoms with Gasteiger partial charge in [-0.15, -0.1) is 16.8 Å². The van der Waals surface area contributed by atoms with Crippen molar-refractivity contribution in [3.05, 3.63) is 89.2 Å². The van der Waals surface area contributed by atoms with Gasteiger partial charge in [0.1, 0.15) is 5.82 Å². The van der Waals surface area contributed by atoms with Gasteiger partial charge in [0.25, 0.3) is 0 Å². The molecule has 0 aliphatic carbocycles. The fourth-order valence-corrected chi connectivity index (χ4v) is 3.91. The number of amides is 1. The van der Waals surface area contributed by atoms with Gasteiger partial charge in [-0.1, -0.05) is 78.0 Å². The molecule has 29 heavy (non-hydrogen) atoms. The zero-order chi connectivity index (χ0) is 20.5. The van der Waals surface area contributed by atoms with Crippen LogP contribution in [0.2, 0.25) is 5.02 Å². The molecule has 0 saturated carbocycles. The van der Waals surface area contributed by atoms with E-state index in [1.54, 1.807) is 0 Å². The standard InChI is InChI=1S/C22H23ClN4OS/c1-2-13-27-20(15-17-8-4-3-5-9-17)25-26-22(27)29-14-12-21(28)24-16-18-10-6-7-11-19(18)23/h2-11H,1,12-16H2,(H,24,28). The SMILES string of the molecule is C=CCn1c(Cc2ccccc2)nnc1SCCC(=O)NCc1ccccc1Cl. The number of thioether (sulfide) groups is 1. The molecule has 1 amide bonds. The predicted molar refractivity (Wildman–Crippen MR) is 118 cm³/mol. The number of hydrogen-bond donors (Lipinski definition) is 1. The topological polar surface area (TPSA) is 59.8 Å². The molecule has 0 unspecified atom stereocenters. The van der Waals surface area contributed by atoms with Crippen LogP contribution in [0.3, 0.4) is 0 Å². The number of halogens is 1. The molecular formula is C22H23ClN4OS. The highest BCUT2D eigenvalue weighted by atomic mass is 35.5. The summed E-state index contributed by atoms with van der Waals surface area (Å²) in [5.41, 5.74) is 2.09. The summed E-state index contributed by atoms with van der Waals surface area (Å²) in [6.07, 6.45) is 2.93. The molecule has 5 nitrogen and oxygen atoms in total. The first-order chi connectivity index (χ1) is 14.2. The number of allylic oxidation sites excluding steroid dienone is 1. The van der Waals surface area contributed by atoms with E-state index in [0.717, 1.165) is 16.5 Å². The second-order valence-electron chi connectivity index (χ2n) is 6.43. The number of carbonyl (C=O) groups is 1. The lowest BCUT2D eigenvalue weighted by molar-refractivity contribution is -0.120. The maximum atomic E-state index is 12.1. The van der Waals surface area contributed by atoms with Gasteiger partial charge in [0.15, 0.2) is 5.16 Å². The van der Waals surface area contributed by atoms with Crippen LogP contribution >= 0.6 is 23.4 Å². The van der Waals surface area contributed by atoms with Crippen molar-refractivity contribution >= 4 is 29.3 Å². The monoisotopic (exact) mass is 426 g/mol. The minimum Gasteiger partial charge on any atom is -0.352 e. The molecule has 2 aromatic carbocycles. The number of rotatable bonds is 10. The first kappa shape index (κ1) is 21.1. The summed E-state index contributed by atoms with van der Waals surface area (Å²) < 4.78 is 2.05. The van der Waals surface area contributed by atoms with E-state index < -0.39 is 0 Å². The minimum atomic E-state index is -0.0169. The van der Waals surface area contributed by atoms with Gasteiger partial charge in [0, 0.05) is 36.7 Å². The summed E-state index contributed by atoms with van der Waals surface area (Å²) in [5, 5.41) is 13.0. The van der Waals surface area contributed by atoms with Crippen LogP contribution in [0.1, 0.15) is 23.4 Å². The Morgan fingerprint density at radius 2 is 1.90 bits per heavy atom. The molecule has 150 valence electrons. The molecule has 1 N–H and O–H groups in total. The Labute approximate surface area is 180 Å². The van der Waals surface area contributed by atoms with E-state index in [2.05, 4.69) is 34.2 Å². The van der Waals surface area contributed by atoms with Crippen LogP contribution in [0.5, 0.6) is 0 Å². The normalized spacial score (nSPS) is 10.7. The third-order valence-electron chi connectivity index (χ3n) is 4.30. The third-order valence-corrected chi connectivity index (χ3v) is 5.64. The highest BCUT2D eigenvalue weighted by molar-refractivity contribution is 7.99. The van der Waals surface area contributed by atoms with Crippen LogP contribution in [-0.4, -0.2) is 26.4 Å². The zero-order valence-corrected chi connectivity index (χ0v) is 17.6. The molecule has 1 aromatic heterocycles. The van der Waals surface area contributed by atoms with E-state index in [1.807, 2.05) is 53.1 Å². The average Bonchev–Trinajstić information content (AvgIpc) is 3.10. The zero-order valence-electron chi connectivity index (χ0n) is 16.1. The van der Waals surface area contributed by atoms with Crippen LogP contribution in [-0.2, 0) is 24.3 Å². The first-order valence-corrected chi connectivity index (χ1v) is 10.7. The van der Waals surface area contributed by atoms with Gasteiger partial charge in [-0.3, -0.25) is 4.79 Å². The van der Waals surface area contributed by atoms with Gasteiger partial charge < -0.3 is 9.88 Å². The molecule has 0 spiro atoms. The molecule has 3 rings (SSSR count). The molecule has 0 radical (unpaired) electrons. The summed E-state index contributed by atoms with van der Waals surface area (Å²) >= 11 is 7.64. The van der Waals surface area contributed by atoms with Crippen LogP contribution in [0.15, 0.2) is 72.4 Å². The molecule has 1 heterocycles. The Balaban J connectivity index is 1.52. The van der Waals surface area contributed by atoms with Gasteiger partial charge in [0.05, 0.1) is 0 Å². The number of hydrogen-bond acceptors (Lipinski definition) is 4. The summed E-state index contributed by atoms with van der Waals surface area (Å²) in [5.74, 6) is 1.49. The molecule has 7 heteroatoms. The van der Waals surface area contributed by atoms with Crippen molar-refractivity contribution in [1.82, 2.24) is 20.1 Å². The quantitative estimate of drug-likeness (QED) is 0.383. The van der Waals surface area contributed by atoms with Crippen LogP contribution in [0.4, 0.5) is 0 Å². The molecule has 0 saturated heterocycles. The lowest BCUT2D eigenvalue weighted by atomic mass is 10.1. The van der Waals surface area contributed by atoms with Crippen LogP contribution in [0.25, 0.3) is 0 Å². The summed E-state index contributed by atoms with van der Waals surface area (Å²) in [6, 6.07) is 17.7. The molecule has 0 aliphatic heterocycles. The Morgan fingerprint density at radius 3 is 2.66 bits per heavy atom. The number of nitrogens with one attached hydrogen (secondary N) is 1. The summed E-state index contributed by atoms with van der Waals surface area (Å²) in [7, 11) is 0. The van der Waals surface area contributed by atoms with E-state index in [9.17, 15) is 4.79 Å². The molecule has 0 bridgehead atoms. The highest BCUT2D eigenvalue weighted by Crippen LogP contribution is 2.20. The smallest absolute Gasteiger partial charge is 0.221 e.